The second-order valence-corrected chi connectivity index (χ2v) is 3.89. The van der Waals surface area contributed by atoms with Crippen LogP contribution in [0, 0.1) is 0 Å². The molecule has 0 atom stereocenters. The molecule has 90 valence electrons. The van der Waals surface area contributed by atoms with Gasteiger partial charge in [0.15, 0.2) is 0 Å². The summed E-state index contributed by atoms with van der Waals surface area (Å²) in [5.74, 6) is -0.923. The number of rotatable bonds is 4. The highest BCUT2D eigenvalue weighted by molar-refractivity contribution is 5.90. The summed E-state index contributed by atoms with van der Waals surface area (Å²) in [5, 5.41) is 8.87. The molecule has 0 saturated carbocycles. The monoisotopic (exact) mass is 239 g/mol. The number of carbonyl (C=O) groups is 1. The minimum absolute atomic E-state index is 0.277. The molecule has 0 unspecified atom stereocenters. The highest BCUT2D eigenvalue weighted by Crippen LogP contribution is 2.04. The first kappa shape index (κ1) is 12.0. The molecule has 3 nitrogen and oxygen atoms in total. The molecule has 0 aromatic heterocycles. The van der Waals surface area contributed by atoms with Gasteiger partial charge in [-0.3, -0.25) is 4.99 Å². The summed E-state index contributed by atoms with van der Waals surface area (Å²) in [7, 11) is 0. The lowest BCUT2D eigenvalue weighted by molar-refractivity contribution is 0.0697. The highest BCUT2D eigenvalue weighted by Gasteiger charge is 2.01. The van der Waals surface area contributed by atoms with Crippen LogP contribution in [0.15, 0.2) is 59.6 Å². The molecule has 0 heterocycles. The van der Waals surface area contributed by atoms with Crippen molar-refractivity contribution in [1.82, 2.24) is 0 Å². The van der Waals surface area contributed by atoms with E-state index < -0.39 is 5.97 Å². The SMILES string of the molecule is O=C(O)c1cccc(C=NCc2ccccc2)c1. The number of aromatic carboxylic acids is 1. The normalized spacial score (nSPS) is 10.7. The van der Waals surface area contributed by atoms with E-state index in [1.165, 1.54) is 0 Å². The summed E-state index contributed by atoms with van der Waals surface area (Å²) in [5.41, 5.74) is 2.20. The van der Waals surface area contributed by atoms with Crippen molar-refractivity contribution in [3.05, 3.63) is 71.3 Å². The summed E-state index contributed by atoms with van der Waals surface area (Å²) in [6.07, 6.45) is 1.69. The van der Waals surface area contributed by atoms with E-state index in [1.54, 1.807) is 24.4 Å². The minimum atomic E-state index is -0.923. The maximum absolute atomic E-state index is 10.8. The quantitative estimate of drug-likeness (QED) is 0.834. The number of benzene rings is 2. The van der Waals surface area contributed by atoms with Crippen LogP contribution in [0.1, 0.15) is 21.5 Å². The van der Waals surface area contributed by atoms with E-state index in [9.17, 15) is 4.79 Å². The van der Waals surface area contributed by atoms with Crippen molar-refractivity contribution < 1.29 is 9.90 Å². The second kappa shape index (κ2) is 5.77. The summed E-state index contributed by atoms with van der Waals surface area (Å²) in [4.78, 5) is 15.1. The Bertz CT molecular complexity index is 562. The minimum Gasteiger partial charge on any atom is -0.478 e. The van der Waals surface area contributed by atoms with Gasteiger partial charge in [0.25, 0.3) is 0 Å². The van der Waals surface area contributed by atoms with Gasteiger partial charge >= 0.3 is 5.97 Å². The first-order valence-electron chi connectivity index (χ1n) is 5.63. The van der Waals surface area contributed by atoms with Gasteiger partial charge in [-0.2, -0.15) is 0 Å². The molecule has 0 aliphatic heterocycles. The maximum Gasteiger partial charge on any atom is 0.335 e. The lowest BCUT2D eigenvalue weighted by atomic mass is 10.1. The van der Waals surface area contributed by atoms with E-state index in [4.69, 9.17) is 5.11 Å². The van der Waals surface area contributed by atoms with Crippen LogP contribution < -0.4 is 0 Å². The number of hydrogen-bond donors (Lipinski definition) is 1. The lowest BCUT2D eigenvalue weighted by Crippen LogP contribution is -1.96. The number of nitrogens with zero attached hydrogens (tertiary/aromatic N) is 1. The molecule has 2 rings (SSSR count). The molecule has 0 fully saturated rings. The van der Waals surface area contributed by atoms with Gasteiger partial charge in [-0.15, -0.1) is 0 Å². The Hall–Kier alpha value is -2.42. The fourth-order valence-corrected chi connectivity index (χ4v) is 1.59. The summed E-state index contributed by atoms with van der Waals surface area (Å²) in [6, 6.07) is 16.6. The number of hydrogen-bond acceptors (Lipinski definition) is 2. The van der Waals surface area contributed by atoms with Crippen LogP contribution in [0.25, 0.3) is 0 Å². The van der Waals surface area contributed by atoms with Gasteiger partial charge in [0.1, 0.15) is 0 Å². The zero-order valence-corrected chi connectivity index (χ0v) is 9.78. The van der Waals surface area contributed by atoms with Crippen LogP contribution in [-0.4, -0.2) is 17.3 Å². The topological polar surface area (TPSA) is 49.7 Å². The Kier molecular flexibility index (Phi) is 3.86. The van der Waals surface area contributed by atoms with Crippen molar-refractivity contribution >= 4 is 12.2 Å². The summed E-state index contributed by atoms with van der Waals surface area (Å²) in [6.45, 7) is 0.595. The van der Waals surface area contributed by atoms with Crippen molar-refractivity contribution in [2.24, 2.45) is 4.99 Å². The Balaban J connectivity index is 2.05. The Morgan fingerprint density at radius 2 is 1.89 bits per heavy atom. The third-order valence-corrected chi connectivity index (χ3v) is 2.49. The van der Waals surface area contributed by atoms with Crippen LogP contribution in [0.2, 0.25) is 0 Å². The largest absolute Gasteiger partial charge is 0.478 e. The van der Waals surface area contributed by atoms with Crippen molar-refractivity contribution in [1.29, 1.82) is 0 Å². The predicted molar refractivity (Wildman–Crippen MR) is 71.1 cm³/mol. The second-order valence-electron chi connectivity index (χ2n) is 3.89. The molecule has 2 aromatic carbocycles. The fraction of sp³-hybridized carbons (Fsp3) is 0.0667. The fourth-order valence-electron chi connectivity index (χ4n) is 1.59. The van der Waals surface area contributed by atoms with Gasteiger partial charge in [-0.05, 0) is 23.3 Å². The molecular weight excluding hydrogens is 226 g/mol. The lowest BCUT2D eigenvalue weighted by Gasteiger charge is -1.97. The first-order chi connectivity index (χ1) is 8.75. The van der Waals surface area contributed by atoms with Crippen LogP contribution in [0.5, 0.6) is 0 Å². The Morgan fingerprint density at radius 3 is 2.61 bits per heavy atom. The number of carboxylic acids is 1. The van der Waals surface area contributed by atoms with Crippen molar-refractivity contribution in [2.45, 2.75) is 6.54 Å². The van der Waals surface area contributed by atoms with Gasteiger partial charge in [0.2, 0.25) is 0 Å². The molecule has 0 saturated heterocycles. The van der Waals surface area contributed by atoms with E-state index in [0.717, 1.165) is 11.1 Å². The molecule has 0 aliphatic carbocycles. The third-order valence-electron chi connectivity index (χ3n) is 2.49. The smallest absolute Gasteiger partial charge is 0.335 e. The van der Waals surface area contributed by atoms with Crippen molar-refractivity contribution in [2.75, 3.05) is 0 Å². The van der Waals surface area contributed by atoms with Crippen LogP contribution in [0.4, 0.5) is 0 Å². The Labute approximate surface area is 105 Å². The average Bonchev–Trinajstić information content (AvgIpc) is 2.40. The van der Waals surface area contributed by atoms with Gasteiger partial charge in [0, 0.05) is 6.21 Å². The van der Waals surface area contributed by atoms with Gasteiger partial charge < -0.3 is 5.11 Å². The number of aliphatic imine (C=N–C) groups is 1. The van der Waals surface area contributed by atoms with E-state index in [-0.39, 0.29) is 5.56 Å². The van der Waals surface area contributed by atoms with E-state index in [2.05, 4.69) is 4.99 Å². The van der Waals surface area contributed by atoms with E-state index >= 15 is 0 Å². The maximum atomic E-state index is 10.8. The average molecular weight is 239 g/mol. The highest BCUT2D eigenvalue weighted by atomic mass is 16.4. The van der Waals surface area contributed by atoms with Gasteiger partial charge in [-0.25, -0.2) is 4.79 Å². The molecule has 3 heteroatoms. The van der Waals surface area contributed by atoms with Crippen LogP contribution >= 0.6 is 0 Å². The van der Waals surface area contributed by atoms with Gasteiger partial charge in [-0.1, -0.05) is 42.5 Å². The number of carboxylic acid groups (broad SMARTS) is 1. The van der Waals surface area contributed by atoms with Crippen LogP contribution in [0.3, 0.4) is 0 Å². The molecule has 0 spiro atoms. The molecule has 0 aliphatic rings. The van der Waals surface area contributed by atoms with Gasteiger partial charge in [0.05, 0.1) is 12.1 Å². The Morgan fingerprint density at radius 1 is 1.11 bits per heavy atom. The zero-order valence-electron chi connectivity index (χ0n) is 9.78. The first-order valence-corrected chi connectivity index (χ1v) is 5.63. The summed E-state index contributed by atoms with van der Waals surface area (Å²) >= 11 is 0. The summed E-state index contributed by atoms with van der Waals surface area (Å²) < 4.78 is 0. The zero-order chi connectivity index (χ0) is 12.8. The van der Waals surface area contributed by atoms with E-state index in [1.807, 2.05) is 36.4 Å². The standard InChI is InChI=1S/C15H13NO2/c17-15(18)14-8-4-7-13(9-14)11-16-10-12-5-2-1-3-6-12/h1-9,11H,10H2,(H,17,18). The molecule has 1 N–H and O–H groups in total. The predicted octanol–water partition coefficient (Wildman–Crippen LogP) is 3.00. The molecule has 0 radical (unpaired) electrons. The molecule has 0 bridgehead atoms. The van der Waals surface area contributed by atoms with Crippen molar-refractivity contribution in [3.8, 4) is 0 Å². The molecule has 2 aromatic rings. The van der Waals surface area contributed by atoms with Crippen LogP contribution in [-0.2, 0) is 6.54 Å². The molecule has 0 amide bonds. The molecule has 18 heavy (non-hydrogen) atoms. The molecular formula is C15H13NO2. The van der Waals surface area contributed by atoms with E-state index in [0.29, 0.717) is 6.54 Å². The van der Waals surface area contributed by atoms with Crippen molar-refractivity contribution in [3.63, 3.8) is 0 Å². The third kappa shape index (κ3) is 3.28.